The number of aldehydes is 1. The van der Waals surface area contributed by atoms with Crippen molar-refractivity contribution in [1.82, 2.24) is 0 Å². The molecule has 0 amide bonds. The molecule has 2 fully saturated rings. The lowest BCUT2D eigenvalue weighted by Crippen LogP contribution is -2.64. The molecular weight excluding hydrogens is 626 g/mol. The number of ether oxygens (including phenoxy) is 4. The summed E-state index contributed by atoms with van der Waals surface area (Å²) in [5, 5.41) is 73.8. The van der Waals surface area contributed by atoms with Gasteiger partial charge >= 0.3 is 17.9 Å². The normalized spacial score (nSPS) is 34.0. The van der Waals surface area contributed by atoms with E-state index in [0.717, 1.165) is 19.1 Å². The van der Waals surface area contributed by atoms with Gasteiger partial charge in [0.25, 0.3) is 0 Å². The zero-order valence-electron chi connectivity index (χ0n) is 27.8. The first-order valence-corrected chi connectivity index (χ1v) is 15.7. The van der Waals surface area contributed by atoms with Gasteiger partial charge in [0.2, 0.25) is 0 Å². The van der Waals surface area contributed by atoms with Gasteiger partial charge in [0.05, 0.1) is 24.2 Å². The fraction of sp³-hybridized carbons (Fsp3) is 0.839. The Hall–Kier alpha value is -2.57. The van der Waals surface area contributed by atoms with Crippen LogP contribution in [0.15, 0.2) is 4.99 Å². The highest BCUT2D eigenvalue weighted by molar-refractivity contribution is 5.79. The maximum Gasteiger partial charge on any atom is 0.336 e. The molecule has 7 N–H and O–H groups in total. The first-order valence-electron chi connectivity index (χ1n) is 15.7. The number of carbonyl (C=O) groups is 4. The van der Waals surface area contributed by atoms with Gasteiger partial charge in [0.15, 0.2) is 37.0 Å². The first-order chi connectivity index (χ1) is 21.7. The number of carbonyl (C=O) groups excluding carboxylic acids is 1. The number of aliphatic hydroxyl groups excluding tert-OH is 4. The first kappa shape index (κ1) is 40.6. The Morgan fingerprint density at radius 2 is 1.43 bits per heavy atom. The third kappa shape index (κ3) is 9.98. The zero-order chi connectivity index (χ0) is 36.0. The molecule has 16 heteroatoms. The number of unbranched alkanes of at least 4 members (excludes halogenated alkanes) is 2. The molecule has 0 aromatic carbocycles. The lowest BCUT2D eigenvalue weighted by atomic mass is 9.71. The van der Waals surface area contributed by atoms with Crippen molar-refractivity contribution < 1.29 is 73.9 Å². The number of carboxylic acids is 3. The maximum absolute atomic E-state index is 12.5. The number of rotatable bonds is 15. The molecule has 0 radical (unpaired) electrons. The lowest BCUT2D eigenvalue weighted by Gasteiger charge is -2.48. The number of aliphatic carboxylic acids is 3. The monoisotopic (exact) mass is 677 g/mol. The minimum Gasteiger partial charge on any atom is -0.479 e. The van der Waals surface area contributed by atoms with E-state index in [9.17, 15) is 54.9 Å². The summed E-state index contributed by atoms with van der Waals surface area (Å²) in [6, 6.07) is 0. The number of aliphatic hydroxyl groups is 4. The van der Waals surface area contributed by atoms with Crippen LogP contribution in [0, 0.1) is 22.7 Å². The van der Waals surface area contributed by atoms with Crippen LogP contribution in [0.5, 0.6) is 0 Å². The minimum atomic E-state index is -2.27. The fourth-order valence-electron chi connectivity index (χ4n) is 6.01. The fourth-order valence-corrected chi connectivity index (χ4v) is 6.01. The molecule has 13 atom stereocenters. The highest BCUT2D eigenvalue weighted by Crippen LogP contribution is 2.40. The second-order valence-electron chi connectivity index (χ2n) is 14.2. The summed E-state index contributed by atoms with van der Waals surface area (Å²) in [5.74, 6) is -7.61. The van der Waals surface area contributed by atoms with Crippen LogP contribution in [-0.2, 0) is 38.1 Å². The second-order valence-corrected chi connectivity index (χ2v) is 14.2. The van der Waals surface area contributed by atoms with Gasteiger partial charge in [-0.15, -0.1) is 0 Å². The van der Waals surface area contributed by atoms with E-state index in [1.54, 1.807) is 41.5 Å². The standard InChI is InChI=1S/C31H51NO15/c1-8-9-10-11-32-12-14(16-18(34)20(36)25(31(5,6)7)46-23(16)27(40)41)44-22(26(38)39)15(13-33)45-29-21(37)19(35)17(30(2,3)4)24(47-29)28(42)43/h12-25,29,34-37H,8-11H2,1-7H3,(H,38,39)(H,40,41)(H,42,43)/t14?,15?,16-,17-,18?,19?,20+,21+,22?,23?,24?,25-,29-/m0/s1. The summed E-state index contributed by atoms with van der Waals surface area (Å²) in [6.07, 6.45) is -16.5. The maximum atomic E-state index is 12.5. The van der Waals surface area contributed by atoms with Gasteiger partial charge in [-0.2, -0.15) is 0 Å². The van der Waals surface area contributed by atoms with Gasteiger partial charge in [-0.25, -0.2) is 14.4 Å². The molecule has 0 aromatic rings. The van der Waals surface area contributed by atoms with Crippen LogP contribution in [0.25, 0.3) is 0 Å². The Kier molecular flexibility index (Phi) is 14.4. The molecule has 270 valence electrons. The predicted molar refractivity (Wildman–Crippen MR) is 163 cm³/mol. The van der Waals surface area contributed by atoms with E-state index < -0.39 is 108 Å². The van der Waals surface area contributed by atoms with Crippen molar-refractivity contribution in [2.24, 2.45) is 27.7 Å². The van der Waals surface area contributed by atoms with Crippen LogP contribution < -0.4 is 0 Å². The molecule has 0 aliphatic carbocycles. The van der Waals surface area contributed by atoms with Gasteiger partial charge in [-0.05, 0) is 17.3 Å². The molecule has 0 bridgehead atoms. The van der Waals surface area contributed by atoms with E-state index >= 15 is 0 Å². The Morgan fingerprint density at radius 1 is 0.830 bits per heavy atom. The zero-order valence-corrected chi connectivity index (χ0v) is 27.8. The van der Waals surface area contributed by atoms with E-state index in [4.69, 9.17) is 18.9 Å². The number of nitrogens with zero attached hydrogens (tertiary/aromatic N) is 1. The van der Waals surface area contributed by atoms with Gasteiger partial charge in [0, 0.05) is 18.7 Å². The third-order valence-electron chi connectivity index (χ3n) is 8.43. The summed E-state index contributed by atoms with van der Waals surface area (Å²) in [4.78, 5) is 53.4. The van der Waals surface area contributed by atoms with Crippen LogP contribution >= 0.6 is 0 Å². The van der Waals surface area contributed by atoms with Crippen LogP contribution in [-0.4, -0.2) is 140 Å². The summed E-state index contributed by atoms with van der Waals surface area (Å²) < 4.78 is 22.4. The lowest BCUT2D eigenvalue weighted by molar-refractivity contribution is -0.308. The Bertz CT molecular complexity index is 1100. The van der Waals surface area contributed by atoms with Crippen molar-refractivity contribution in [1.29, 1.82) is 0 Å². The number of carboxylic acid groups (broad SMARTS) is 3. The highest BCUT2D eigenvalue weighted by atomic mass is 16.7. The summed E-state index contributed by atoms with van der Waals surface area (Å²) in [5.41, 5.74) is -1.70. The van der Waals surface area contributed by atoms with Crippen LogP contribution in [0.1, 0.15) is 67.7 Å². The molecule has 0 spiro atoms. The van der Waals surface area contributed by atoms with E-state index in [0.29, 0.717) is 6.42 Å². The smallest absolute Gasteiger partial charge is 0.336 e. The Labute approximate surface area is 273 Å². The average Bonchev–Trinajstić information content (AvgIpc) is 2.95. The van der Waals surface area contributed by atoms with Crippen molar-refractivity contribution in [3.8, 4) is 0 Å². The second kappa shape index (κ2) is 16.7. The van der Waals surface area contributed by atoms with Gasteiger partial charge in [0.1, 0.15) is 18.3 Å². The van der Waals surface area contributed by atoms with Crippen molar-refractivity contribution >= 4 is 30.4 Å². The van der Waals surface area contributed by atoms with Crippen LogP contribution in [0.3, 0.4) is 0 Å². The van der Waals surface area contributed by atoms with Crippen molar-refractivity contribution in [3.05, 3.63) is 0 Å². The molecule has 0 saturated carbocycles. The van der Waals surface area contributed by atoms with Gasteiger partial charge in [-0.1, -0.05) is 61.3 Å². The molecule has 47 heavy (non-hydrogen) atoms. The predicted octanol–water partition coefficient (Wildman–Crippen LogP) is 0.0996. The molecular formula is C31H51NO15. The minimum absolute atomic E-state index is 0.00468. The molecule has 16 nitrogen and oxygen atoms in total. The Morgan fingerprint density at radius 3 is 1.89 bits per heavy atom. The van der Waals surface area contributed by atoms with E-state index in [1.807, 2.05) is 6.92 Å². The topological polar surface area (TPSA) is 259 Å². The molecule has 7 unspecified atom stereocenters. The summed E-state index contributed by atoms with van der Waals surface area (Å²) in [7, 11) is 0. The molecule has 2 saturated heterocycles. The van der Waals surface area contributed by atoms with Crippen molar-refractivity contribution in [3.63, 3.8) is 0 Å². The van der Waals surface area contributed by atoms with Crippen molar-refractivity contribution in [2.75, 3.05) is 6.54 Å². The van der Waals surface area contributed by atoms with Crippen LogP contribution in [0.4, 0.5) is 0 Å². The quantitative estimate of drug-likeness (QED) is 0.0689. The SMILES string of the molecule is CCCCCN=CC(OC(C(=O)O)C(C=O)O[C@H]1OC(C(=O)O)[C@@H](C(C)(C)C)C(O)[C@H]1O)[C@@H]1C(C(=O)O)O[C@H](C(C)(C)C)[C@H](O)C1O. The molecule has 2 heterocycles. The van der Waals surface area contributed by atoms with Gasteiger partial charge in [-0.3, -0.25) is 4.99 Å². The molecule has 0 aromatic heterocycles. The molecule has 2 aliphatic heterocycles. The summed E-state index contributed by atoms with van der Waals surface area (Å²) >= 11 is 0. The Balaban J connectivity index is 2.50. The van der Waals surface area contributed by atoms with Crippen molar-refractivity contribution in [2.45, 2.75) is 135 Å². The van der Waals surface area contributed by atoms with Gasteiger partial charge < -0.3 is 59.5 Å². The number of aliphatic imine (C=N–C) groups is 1. The van der Waals surface area contributed by atoms with Crippen LogP contribution in [0.2, 0.25) is 0 Å². The average molecular weight is 678 g/mol. The summed E-state index contributed by atoms with van der Waals surface area (Å²) in [6.45, 7) is 12.0. The van der Waals surface area contributed by atoms with E-state index in [2.05, 4.69) is 4.99 Å². The molecule has 2 rings (SSSR count). The van der Waals surface area contributed by atoms with E-state index in [1.165, 1.54) is 0 Å². The number of hydrogen-bond acceptors (Lipinski definition) is 13. The van der Waals surface area contributed by atoms with E-state index in [-0.39, 0.29) is 12.8 Å². The molecule has 2 aliphatic rings. The third-order valence-corrected chi connectivity index (χ3v) is 8.43. The number of hydrogen-bond donors (Lipinski definition) is 7. The highest BCUT2D eigenvalue weighted by Gasteiger charge is 2.56. The largest absolute Gasteiger partial charge is 0.479 e.